The minimum atomic E-state index is -1.14. The summed E-state index contributed by atoms with van der Waals surface area (Å²) in [7, 11) is 1.43. The van der Waals surface area contributed by atoms with Crippen molar-refractivity contribution in [2.45, 2.75) is 13.0 Å². The average molecular weight is 452 g/mol. The van der Waals surface area contributed by atoms with Crippen molar-refractivity contribution < 1.29 is 23.9 Å². The van der Waals surface area contributed by atoms with Gasteiger partial charge in [0.15, 0.2) is 11.5 Å². The number of esters is 1. The molecule has 7 heteroatoms. The highest BCUT2D eigenvalue weighted by molar-refractivity contribution is 6.22. The lowest BCUT2D eigenvalue weighted by atomic mass is 10.0. The number of amides is 2. The summed E-state index contributed by atoms with van der Waals surface area (Å²) in [6.45, 7) is 1.44. The van der Waals surface area contributed by atoms with Gasteiger partial charge in [0, 0.05) is 0 Å². The summed E-state index contributed by atoms with van der Waals surface area (Å²) in [5.41, 5.74) is 2.42. The molecule has 0 aromatic heterocycles. The van der Waals surface area contributed by atoms with E-state index < -0.39 is 23.8 Å². The van der Waals surface area contributed by atoms with E-state index in [-0.39, 0.29) is 22.6 Å². The quantitative estimate of drug-likeness (QED) is 0.181. The molecule has 0 N–H and O–H groups in total. The van der Waals surface area contributed by atoms with Crippen molar-refractivity contribution in [3.8, 4) is 17.6 Å². The van der Waals surface area contributed by atoms with Crippen LogP contribution < -0.4 is 9.47 Å². The summed E-state index contributed by atoms with van der Waals surface area (Å²) in [5.74, 6) is -1.46. The Hall–Kier alpha value is -4.70. The number of allylic oxidation sites excluding steroid dienone is 1. The predicted octanol–water partition coefficient (Wildman–Crippen LogP) is 4.35. The highest BCUT2D eigenvalue weighted by Gasteiger charge is 2.41. The summed E-state index contributed by atoms with van der Waals surface area (Å²) in [5, 5.41) is 9.54. The molecular formula is C27H20N2O5. The number of imide groups is 1. The highest BCUT2D eigenvalue weighted by atomic mass is 16.6. The molecule has 0 aliphatic carbocycles. The van der Waals surface area contributed by atoms with Gasteiger partial charge in [0.25, 0.3) is 11.8 Å². The van der Waals surface area contributed by atoms with Crippen LogP contribution in [0.1, 0.15) is 38.8 Å². The first-order valence-electron chi connectivity index (χ1n) is 10.5. The molecule has 3 aromatic rings. The van der Waals surface area contributed by atoms with Crippen LogP contribution in [-0.4, -0.2) is 35.8 Å². The molecule has 0 saturated carbocycles. The van der Waals surface area contributed by atoms with Crippen LogP contribution in [0.2, 0.25) is 0 Å². The fourth-order valence-electron chi connectivity index (χ4n) is 3.68. The van der Waals surface area contributed by atoms with Crippen molar-refractivity contribution in [1.82, 2.24) is 4.90 Å². The molecule has 4 rings (SSSR count). The second-order valence-corrected chi connectivity index (χ2v) is 7.57. The maximum absolute atomic E-state index is 12.8. The van der Waals surface area contributed by atoms with Gasteiger partial charge in [-0.25, -0.2) is 4.79 Å². The molecule has 1 aliphatic rings. The molecule has 0 bridgehead atoms. The third-order valence-electron chi connectivity index (χ3n) is 5.47. The van der Waals surface area contributed by atoms with Crippen LogP contribution in [0.3, 0.4) is 0 Å². The largest absolute Gasteiger partial charge is 0.493 e. The molecule has 0 radical (unpaired) electrons. The van der Waals surface area contributed by atoms with Gasteiger partial charge in [-0.15, -0.1) is 0 Å². The van der Waals surface area contributed by atoms with E-state index in [9.17, 15) is 19.6 Å². The predicted molar refractivity (Wildman–Crippen MR) is 125 cm³/mol. The molecule has 0 fully saturated rings. The Balaban J connectivity index is 1.55. The van der Waals surface area contributed by atoms with E-state index >= 15 is 0 Å². The van der Waals surface area contributed by atoms with Crippen LogP contribution in [0.5, 0.6) is 11.5 Å². The van der Waals surface area contributed by atoms with E-state index in [0.29, 0.717) is 11.1 Å². The van der Waals surface area contributed by atoms with Gasteiger partial charge in [-0.2, -0.15) is 5.26 Å². The second-order valence-electron chi connectivity index (χ2n) is 7.57. The Morgan fingerprint density at radius 3 is 2.15 bits per heavy atom. The van der Waals surface area contributed by atoms with E-state index in [4.69, 9.17) is 9.47 Å². The van der Waals surface area contributed by atoms with E-state index in [0.717, 1.165) is 10.5 Å². The first kappa shape index (κ1) is 22.5. The van der Waals surface area contributed by atoms with E-state index in [1.54, 1.807) is 42.5 Å². The highest BCUT2D eigenvalue weighted by Crippen LogP contribution is 2.31. The monoisotopic (exact) mass is 452 g/mol. The van der Waals surface area contributed by atoms with Gasteiger partial charge >= 0.3 is 5.97 Å². The topological polar surface area (TPSA) is 96.7 Å². The van der Waals surface area contributed by atoms with Crippen LogP contribution in [0.25, 0.3) is 11.6 Å². The number of benzene rings is 3. The molecule has 0 saturated heterocycles. The number of nitrogens with zero attached hydrogens (tertiary/aromatic N) is 2. The fraction of sp³-hybridized carbons (Fsp3) is 0.111. The number of rotatable bonds is 6. The smallest absolute Gasteiger partial charge is 0.334 e. The van der Waals surface area contributed by atoms with Crippen molar-refractivity contribution in [1.29, 1.82) is 5.26 Å². The van der Waals surface area contributed by atoms with Gasteiger partial charge in [-0.3, -0.25) is 14.5 Å². The Morgan fingerprint density at radius 1 is 0.941 bits per heavy atom. The first-order valence-corrected chi connectivity index (χ1v) is 10.5. The van der Waals surface area contributed by atoms with Crippen molar-refractivity contribution in [3.63, 3.8) is 0 Å². The summed E-state index contributed by atoms with van der Waals surface area (Å²) in [4.78, 5) is 39.0. The minimum absolute atomic E-state index is 0.131. The molecular weight excluding hydrogens is 432 g/mol. The van der Waals surface area contributed by atoms with Gasteiger partial charge in [-0.05, 0) is 48.4 Å². The lowest BCUT2D eigenvalue weighted by Gasteiger charge is -2.21. The number of ether oxygens (including phenoxy) is 2. The summed E-state index contributed by atoms with van der Waals surface area (Å²) < 4.78 is 10.9. The maximum atomic E-state index is 12.8. The lowest BCUT2D eigenvalue weighted by molar-refractivity contribution is -0.138. The number of hydrogen-bond donors (Lipinski definition) is 0. The van der Waals surface area contributed by atoms with Gasteiger partial charge in [-0.1, -0.05) is 48.5 Å². The van der Waals surface area contributed by atoms with Crippen LogP contribution in [0.15, 0.2) is 72.8 Å². The standard InChI is InChI=1S/C27H20N2O5/c1-17(29-25(30)21-10-6-7-11-22(21)26(29)31)27(32)34-23-13-12-18(15-24(23)33-2)14-20(16-28)19-8-4-3-5-9-19/h3-15,17H,1-2H3. The third kappa shape index (κ3) is 4.17. The van der Waals surface area contributed by atoms with Gasteiger partial charge in [0.1, 0.15) is 6.04 Å². The lowest BCUT2D eigenvalue weighted by Crippen LogP contribution is -2.44. The zero-order chi connectivity index (χ0) is 24.2. The third-order valence-corrected chi connectivity index (χ3v) is 5.47. The second kappa shape index (κ2) is 9.43. The van der Waals surface area contributed by atoms with Gasteiger partial charge < -0.3 is 9.47 Å². The minimum Gasteiger partial charge on any atom is -0.493 e. The summed E-state index contributed by atoms with van der Waals surface area (Å²) >= 11 is 0. The summed E-state index contributed by atoms with van der Waals surface area (Å²) in [6.07, 6.45) is 1.70. The normalized spacial score (nSPS) is 13.8. The SMILES string of the molecule is COc1cc(C=C(C#N)c2ccccc2)ccc1OC(=O)C(C)N1C(=O)c2ccccc2C1=O. The van der Waals surface area contributed by atoms with E-state index in [1.165, 1.54) is 20.1 Å². The Kier molecular flexibility index (Phi) is 6.24. The van der Waals surface area contributed by atoms with Crippen molar-refractivity contribution >= 4 is 29.4 Å². The Labute approximate surface area is 196 Å². The Morgan fingerprint density at radius 2 is 1.56 bits per heavy atom. The number of fused-ring (bicyclic) bond motifs is 1. The number of carbonyl (C=O) groups is 3. The first-order chi connectivity index (χ1) is 16.4. The van der Waals surface area contributed by atoms with Crippen LogP contribution in [0, 0.1) is 11.3 Å². The molecule has 168 valence electrons. The molecule has 1 atom stereocenters. The zero-order valence-corrected chi connectivity index (χ0v) is 18.5. The molecule has 7 nitrogen and oxygen atoms in total. The number of hydrogen-bond acceptors (Lipinski definition) is 6. The zero-order valence-electron chi connectivity index (χ0n) is 18.5. The molecule has 3 aromatic carbocycles. The average Bonchev–Trinajstić information content (AvgIpc) is 3.13. The van der Waals surface area contributed by atoms with Crippen LogP contribution in [-0.2, 0) is 4.79 Å². The van der Waals surface area contributed by atoms with Gasteiger partial charge in [0.05, 0.1) is 29.9 Å². The van der Waals surface area contributed by atoms with Crippen molar-refractivity contribution in [2.75, 3.05) is 7.11 Å². The molecule has 1 unspecified atom stereocenters. The molecule has 2 amide bonds. The number of carbonyl (C=O) groups excluding carboxylic acids is 3. The fourth-order valence-corrected chi connectivity index (χ4v) is 3.68. The van der Waals surface area contributed by atoms with E-state index in [1.807, 2.05) is 30.3 Å². The number of methoxy groups -OCH3 is 1. The van der Waals surface area contributed by atoms with Gasteiger partial charge in [0.2, 0.25) is 0 Å². The van der Waals surface area contributed by atoms with Crippen molar-refractivity contribution in [3.05, 3.63) is 95.1 Å². The van der Waals surface area contributed by atoms with Crippen LogP contribution in [0.4, 0.5) is 0 Å². The van der Waals surface area contributed by atoms with Crippen molar-refractivity contribution in [2.24, 2.45) is 0 Å². The molecule has 34 heavy (non-hydrogen) atoms. The molecule has 1 heterocycles. The van der Waals surface area contributed by atoms with Crippen LogP contribution >= 0.6 is 0 Å². The van der Waals surface area contributed by atoms with E-state index in [2.05, 4.69) is 6.07 Å². The molecule has 1 aliphatic heterocycles. The summed E-state index contributed by atoms with van der Waals surface area (Å²) in [6, 6.07) is 21.5. The maximum Gasteiger partial charge on any atom is 0.334 e. The molecule has 0 spiro atoms. The Bertz CT molecular complexity index is 1320. The number of nitriles is 1.